The van der Waals surface area contributed by atoms with Gasteiger partial charge in [0.1, 0.15) is 0 Å². The molecular weight excluding hydrogens is 140 g/mol. The van der Waals surface area contributed by atoms with Crippen LogP contribution >= 0.6 is 0 Å². The summed E-state index contributed by atoms with van der Waals surface area (Å²) >= 11 is 0. The second kappa shape index (κ2) is 5.13. The van der Waals surface area contributed by atoms with Crippen LogP contribution in [0.4, 0.5) is 0 Å². The molecule has 1 atom stereocenters. The molecule has 11 heavy (non-hydrogen) atoms. The van der Waals surface area contributed by atoms with Crippen LogP contribution in [0, 0.1) is 5.92 Å². The average Bonchev–Trinajstić information content (AvgIpc) is 1.98. The molecule has 0 unspecified atom stereocenters. The summed E-state index contributed by atoms with van der Waals surface area (Å²) in [6.45, 7) is 4.24. The number of hydrogen-bond donors (Lipinski definition) is 2. The molecule has 0 aliphatic rings. The van der Waals surface area contributed by atoms with Crippen molar-refractivity contribution in [3.05, 3.63) is 0 Å². The topological polar surface area (TPSA) is 55.1 Å². The first-order valence-electron chi connectivity index (χ1n) is 4.05. The first-order valence-corrected chi connectivity index (χ1v) is 4.05. The minimum Gasteiger partial charge on any atom is -0.358 e. The third-order valence-corrected chi connectivity index (χ3v) is 1.64. The van der Waals surface area contributed by atoms with Gasteiger partial charge in [-0.3, -0.25) is 4.79 Å². The van der Waals surface area contributed by atoms with E-state index in [1.165, 1.54) is 0 Å². The summed E-state index contributed by atoms with van der Waals surface area (Å²) < 4.78 is 0. The van der Waals surface area contributed by atoms with Crippen molar-refractivity contribution >= 4 is 5.91 Å². The number of amides is 1. The van der Waals surface area contributed by atoms with Crippen molar-refractivity contribution < 1.29 is 4.79 Å². The van der Waals surface area contributed by atoms with Crippen molar-refractivity contribution in [1.82, 2.24) is 5.32 Å². The summed E-state index contributed by atoms with van der Waals surface area (Å²) in [5, 5.41) is 2.52. The van der Waals surface area contributed by atoms with Gasteiger partial charge in [0.25, 0.3) is 0 Å². The lowest BCUT2D eigenvalue weighted by molar-refractivity contribution is -0.122. The fourth-order valence-electron chi connectivity index (χ4n) is 0.829. The van der Waals surface area contributed by atoms with Gasteiger partial charge in [0.2, 0.25) is 5.91 Å². The van der Waals surface area contributed by atoms with Crippen LogP contribution in [-0.4, -0.2) is 19.0 Å². The molecule has 0 spiro atoms. The lowest BCUT2D eigenvalue weighted by Gasteiger charge is -2.10. The molecule has 0 saturated heterocycles. The fourth-order valence-corrected chi connectivity index (χ4v) is 0.829. The number of rotatable bonds is 4. The van der Waals surface area contributed by atoms with E-state index in [2.05, 4.69) is 19.2 Å². The third-order valence-electron chi connectivity index (χ3n) is 1.64. The SMILES string of the molecule is CNC(=O)[C@@H](N)CCC(C)C. The number of hydrogen-bond acceptors (Lipinski definition) is 2. The van der Waals surface area contributed by atoms with Gasteiger partial charge in [-0.2, -0.15) is 0 Å². The van der Waals surface area contributed by atoms with Crippen LogP contribution in [0.15, 0.2) is 0 Å². The van der Waals surface area contributed by atoms with E-state index in [0.717, 1.165) is 12.8 Å². The van der Waals surface area contributed by atoms with Gasteiger partial charge in [-0.1, -0.05) is 13.8 Å². The Morgan fingerprint density at radius 2 is 2.00 bits per heavy atom. The summed E-state index contributed by atoms with van der Waals surface area (Å²) in [7, 11) is 1.61. The van der Waals surface area contributed by atoms with E-state index < -0.39 is 0 Å². The molecule has 0 fully saturated rings. The summed E-state index contributed by atoms with van der Waals surface area (Å²) in [4.78, 5) is 10.9. The number of carbonyl (C=O) groups is 1. The van der Waals surface area contributed by atoms with Crippen molar-refractivity contribution in [2.45, 2.75) is 32.7 Å². The number of nitrogens with one attached hydrogen (secondary N) is 1. The van der Waals surface area contributed by atoms with Crippen molar-refractivity contribution in [3.8, 4) is 0 Å². The molecule has 1 amide bonds. The highest BCUT2D eigenvalue weighted by molar-refractivity contribution is 5.81. The normalized spacial score (nSPS) is 13.2. The Morgan fingerprint density at radius 3 is 2.36 bits per heavy atom. The number of carbonyl (C=O) groups excluding carboxylic acids is 1. The smallest absolute Gasteiger partial charge is 0.236 e. The molecule has 66 valence electrons. The quantitative estimate of drug-likeness (QED) is 0.626. The average molecular weight is 158 g/mol. The van der Waals surface area contributed by atoms with Crippen LogP contribution < -0.4 is 11.1 Å². The highest BCUT2D eigenvalue weighted by Gasteiger charge is 2.10. The zero-order valence-electron chi connectivity index (χ0n) is 7.55. The van der Waals surface area contributed by atoms with E-state index in [9.17, 15) is 4.79 Å². The minimum atomic E-state index is -0.331. The van der Waals surface area contributed by atoms with Gasteiger partial charge in [0.15, 0.2) is 0 Å². The third kappa shape index (κ3) is 4.79. The van der Waals surface area contributed by atoms with E-state index in [4.69, 9.17) is 5.73 Å². The Bertz CT molecular complexity index is 123. The van der Waals surface area contributed by atoms with E-state index >= 15 is 0 Å². The number of nitrogens with two attached hydrogens (primary N) is 1. The molecule has 0 bridgehead atoms. The highest BCUT2D eigenvalue weighted by atomic mass is 16.2. The second-order valence-corrected chi connectivity index (χ2v) is 3.19. The molecule has 0 saturated carbocycles. The van der Waals surface area contributed by atoms with Crippen LogP contribution in [0.5, 0.6) is 0 Å². The molecule has 0 aromatic rings. The molecule has 0 aliphatic heterocycles. The molecule has 0 radical (unpaired) electrons. The van der Waals surface area contributed by atoms with Crippen LogP contribution in [0.2, 0.25) is 0 Å². The van der Waals surface area contributed by atoms with Crippen LogP contribution in [0.3, 0.4) is 0 Å². The Balaban J connectivity index is 3.52. The van der Waals surface area contributed by atoms with E-state index in [-0.39, 0.29) is 11.9 Å². The monoisotopic (exact) mass is 158 g/mol. The van der Waals surface area contributed by atoms with Gasteiger partial charge in [-0.15, -0.1) is 0 Å². The van der Waals surface area contributed by atoms with Crippen molar-refractivity contribution in [2.75, 3.05) is 7.05 Å². The van der Waals surface area contributed by atoms with Crippen LogP contribution in [-0.2, 0) is 4.79 Å². The Kier molecular flexibility index (Phi) is 4.86. The Labute approximate surface area is 68.3 Å². The maximum Gasteiger partial charge on any atom is 0.236 e. The van der Waals surface area contributed by atoms with Gasteiger partial charge in [0.05, 0.1) is 6.04 Å². The van der Waals surface area contributed by atoms with Gasteiger partial charge >= 0.3 is 0 Å². The molecule has 0 heterocycles. The summed E-state index contributed by atoms with van der Waals surface area (Å²) in [6.07, 6.45) is 1.78. The Hall–Kier alpha value is -0.570. The van der Waals surface area contributed by atoms with Crippen LogP contribution in [0.25, 0.3) is 0 Å². The molecule has 0 aromatic heterocycles. The number of likely N-dealkylation sites (N-methyl/N-ethyl adjacent to an activating group) is 1. The van der Waals surface area contributed by atoms with E-state index in [0.29, 0.717) is 5.92 Å². The molecular formula is C8H18N2O. The summed E-state index contributed by atoms with van der Waals surface area (Å²) in [6, 6.07) is -0.331. The largest absolute Gasteiger partial charge is 0.358 e. The highest BCUT2D eigenvalue weighted by Crippen LogP contribution is 2.04. The lowest BCUT2D eigenvalue weighted by atomic mass is 10.0. The van der Waals surface area contributed by atoms with Crippen molar-refractivity contribution in [3.63, 3.8) is 0 Å². The predicted octanol–water partition coefficient (Wildman–Crippen LogP) is 0.496. The zero-order valence-corrected chi connectivity index (χ0v) is 7.55. The van der Waals surface area contributed by atoms with E-state index in [1.807, 2.05) is 0 Å². The lowest BCUT2D eigenvalue weighted by Crippen LogP contribution is -2.38. The standard InChI is InChI=1S/C8H18N2O/c1-6(2)4-5-7(9)8(11)10-3/h6-7H,4-5,9H2,1-3H3,(H,10,11)/t7-/m0/s1. The van der Waals surface area contributed by atoms with Crippen LogP contribution in [0.1, 0.15) is 26.7 Å². The molecule has 3 N–H and O–H groups in total. The van der Waals surface area contributed by atoms with Crippen molar-refractivity contribution in [1.29, 1.82) is 0 Å². The minimum absolute atomic E-state index is 0.0642. The molecule has 3 nitrogen and oxygen atoms in total. The molecule has 3 heteroatoms. The fraction of sp³-hybridized carbons (Fsp3) is 0.875. The van der Waals surface area contributed by atoms with Gasteiger partial charge in [0, 0.05) is 7.05 Å². The maximum absolute atomic E-state index is 10.9. The molecule has 0 aliphatic carbocycles. The maximum atomic E-state index is 10.9. The predicted molar refractivity (Wildman–Crippen MR) is 46.1 cm³/mol. The first kappa shape index (κ1) is 10.4. The summed E-state index contributed by atoms with van der Waals surface area (Å²) in [5.41, 5.74) is 5.56. The molecule has 0 aromatic carbocycles. The summed E-state index contributed by atoms with van der Waals surface area (Å²) in [5.74, 6) is 0.552. The first-order chi connectivity index (χ1) is 5.07. The van der Waals surface area contributed by atoms with Crippen molar-refractivity contribution in [2.24, 2.45) is 11.7 Å². The second-order valence-electron chi connectivity index (χ2n) is 3.19. The van der Waals surface area contributed by atoms with Gasteiger partial charge in [-0.05, 0) is 18.8 Å². The molecule has 0 rings (SSSR count). The Morgan fingerprint density at radius 1 is 1.45 bits per heavy atom. The zero-order chi connectivity index (χ0) is 8.85. The van der Waals surface area contributed by atoms with Gasteiger partial charge in [-0.25, -0.2) is 0 Å². The van der Waals surface area contributed by atoms with Gasteiger partial charge < -0.3 is 11.1 Å². The van der Waals surface area contributed by atoms with E-state index in [1.54, 1.807) is 7.05 Å².